The molecule has 0 N–H and O–H groups in total. The van der Waals surface area contributed by atoms with Crippen LogP contribution in [0.25, 0.3) is 0 Å². The Labute approximate surface area is 68.0 Å². The molecule has 1 aliphatic heterocycles. The summed E-state index contributed by atoms with van der Waals surface area (Å²) >= 11 is 0. The van der Waals surface area contributed by atoms with E-state index in [-0.39, 0.29) is 11.9 Å². The van der Waals surface area contributed by atoms with Crippen molar-refractivity contribution < 1.29 is 4.79 Å². The Hall–Kier alpha value is -0.570. The molecule has 0 bridgehead atoms. The van der Waals surface area contributed by atoms with Crippen LogP contribution in [-0.4, -0.2) is 48.4 Å². The third-order valence-corrected chi connectivity index (χ3v) is 2.43. The molecule has 0 aliphatic carbocycles. The van der Waals surface area contributed by atoms with Gasteiger partial charge in [-0.05, 0) is 20.9 Å². The topological polar surface area (TPSA) is 23.6 Å². The number of likely N-dealkylation sites (N-methyl/N-ethyl adjacent to an activating group) is 2. The molecule has 1 unspecified atom stereocenters. The molecule has 1 heterocycles. The normalized spacial score (nSPS) is 27.7. The van der Waals surface area contributed by atoms with Crippen LogP contribution in [0.15, 0.2) is 0 Å². The van der Waals surface area contributed by atoms with Gasteiger partial charge < -0.3 is 4.90 Å². The number of piperazine rings is 1. The molecule has 11 heavy (non-hydrogen) atoms. The first kappa shape index (κ1) is 8.53. The summed E-state index contributed by atoms with van der Waals surface area (Å²) in [6.45, 7) is 6.72. The van der Waals surface area contributed by atoms with Gasteiger partial charge in [-0.3, -0.25) is 9.69 Å². The molecule has 0 saturated carbocycles. The molecule has 1 fully saturated rings. The molecule has 3 nitrogen and oxygen atoms in total. The van der Waals surface area contributed by atoms with Crippen LogP contribution in [-0.2, 0) is 4.79 Å². The number of hydrogen-bond acceptors (Lipinski definition) is 2. The third-order valence-electron chi connectivity index (χ3n) is 2.43. The summed E-state index contributed by atoms with van der Waals surface area (Å²) in [4.78, 5) is 15.5. The Balaban J connectivity index is 2.59. The fraction of sp³-hybridized carbons (Fsp3) is 0.875. The van der Waals surface area contributed by atoms with Gasteiger partial charge in [-0.1, -0.05) is 0 Å². The van der Waals surface area contributed by atoms with Gasteiger partial charge in [0.1, 0.15) is 0 Å². The van der Waals surface area contributed by atoms with E-state index in [4.69, 9.17) is 0 Å². The van der Waals surface area contributed by atoms with E-state index in [1.165, 1.54) is 0 Å². The smallest absolute Gasteiger partial charge is 0.239 e. The Morgan fingerprint density at radius 3 is 2.73 bits per heavy atom. The van der Waals surface area contributed by atoms with E-state index in [9.17, 15) is 4.79 Å². The molecule has 3 heteroatoms. The average Bonchev–Trinajstić information content (AvgIpc) is 2.01. The second kappa shape index (κ2) is 3.22. The zero-order chi connectivity index (χ0) is 8.43. The average molecular weight is 156 g/mol. The van der Waals surface area contributed by atoms with Crippen molar-refractivity contribution in [2.75, 3.05) is 26.7 Å². The molecule has 0 aromatic carbocycles. The van der Waals surface area contributed by atoms with E-state index in [1.807, 2.05) is 25.8 Å². The highest BCUT2D eigenvalue weighted by Gasteiger charge is 2.27. The van der Waals surface area contributed by atoms with E-state index in [0.717, 1.165) is 19.6 Å². The maximum absolute atomic E-state index is 11.5. The van der Waals surface area contributed by atoms with Gasteiger partial charge in [-0.2, -0.15) is 0 Å². The van der Waals surface area contributed by atoms with Crippen molar-refractivity contribution in [3.8, 4) is 0 Å². The van der Waals surface area contributed by atoms with Gasteiger partial charge in [0.2, 0.25) is 5.91 Å². The molecule has 1 atom stereocenters. The summed E-state index contributed by atoms with van der Waals surface area (Å²) in [5, 5.41) is 0. The first-order valence-corrected chi connectivity index (χ1v) is 4.15. The van der Waals surface area contributed by atoms with Crippen molar-refractivity contribution in [1.29, 1.82) is 0 Å². The second-order valence-corrected chi connectivity index (χ2v) is 3.07. The van der Waals surface area contributed by atoms with E-state index in [0.29, 0.717) is 0 Å². The lowest BCUT2D eigenvalue weighted by Crippen LogP contribution is -2.54. The zero-order valence-corrected chi connectivity index (χ0v) is 7.50. The Kier molecular flexibility index (Phi) is 2.49. The molecule has 1 saturated heterocycles. The van der Waals surface area contributed by atoms with Crippen molar-refractivity contribution in [2.45, 2.75) is 19.9 Å². The summed E-state index contributed by atoms with van der Waals surface area (Å²) in [6, 6.07) is 0.0729. The predicted octanol–water partition coefficient (Wildman–Crippen LogP) is 0.169. The SMILES string of the molecule is CCN1CCN(C)C(C)C1=O. The zero-order valence-electron chi connectivity index (χ0n) is 7.50. The summed E-state index contributed by atoms with van der Waals surface area (Å²) in [5.74, 6) is 0.265. The monoisotopic (exact) mass is 156 g/mol. The van der Waals surface area contributed by atoms with E-state index < -0.39 is 0 Å². The van der Waals surface area contributed by atoms with Crippen molar-refractivity contribution in [3.63, 3.8) is 0 Å². The maximum Gasteiger partial charge on any atom is 0.239 e. The molecule has 0 radical (unpaired) electrons. The Morgan fingerprint density at radius 2 is 2.18 bits per heavy atom. The summed E-state index contributed by atoms with van der Waals surface area (Å²) in [5.41, 5.74) is 0. The number of amides is 1. The van der Waals surface area contributed by atoms with Gasteiger partial charge in [0.15, 0.2) is 0 Å². The molecule has 1 rings (SSSR count). The summed E-state index contributed by atoms with van der Waals surface area (Å²) < 4.78 is 0. The number of rotatable bonds is 1. The second-order valence-electron chi connectivity index (χ2n) is 3.07. The van der Waals surface area contributed by atoms with Crippen molar-refractivity contribution in [1.82, 2.24) is 9.80 Å². The quantitative estimate of drug-likeness (QED) is 0.540. The van der Waals surface area contributed by atoms with Crippen LogP contribution in [0, 0.1) is 0 Å². The van der Waals surface area contributed by atoms with Crippen LogP contribution in [0.3, 0.4) is 0 Å². The van der Waals surface area contributed by atoms with Gasteiger partial charge in [0.05, 0.1) is 6.04 Å². The number of nitrogens with zero attached hydrogens (tertiary/aromatic N) is 2. The standard InChI is InChI=1S/C8H16N2O/c1-4-10-6-5-9(3)7(2)8(10)11/h7H,4-6H2,1-3H3. The van der Waals surface area contributed by atoms with E-state index in [1.54, 1.807) is 0 Å². The van der Waals surface area contributed by atoms with Crippen LogP contribution in [0.2, 0.25) is 0 Å². The van der Waals surface area contributed by atoms with Crippen molar-refractivity contribution in [3.05, 3.63) is 0 Å². The van der Waals surface area contributed by atoms with Crippen LogP contribution in [0.4, 0.5) is 0 Å². The third kappa shape index (κ3) is 1.53. The summed E-state index contributed by atoms with van der Waals surface area (Å²) in [6.07, 6.45) is 0. The lowest BCUT2D eigenvalue weighted by Gasteiger charge is -2.36. The van der Waals surface area contributed by atoms with Gasteiger partial charge in [0.25, 0.3) is 0 Å². The van der Waals surface area contributed by atoms with E-state index >= 15 is 0 Å². The van der Waals surface area contributed by atoms with Crippen LogP contribution >= 0.6 is 0 Å². The van der Waals surface area contributed by atoms with Gasteiger partial charge in [0, 0.05) is 19.6 Å². The lowest BCUT2D eigenvalue weighted by atomic mass is 10.2. The fourth-order valence-electron chi connectivity index (χ4n) is 1.35. The van der Waals surface area contributed by atoms with Gasteiger partial charge in [-0.25, -0.2) is 0 Å². The minimum Gasteiger partial charge on any atom is -0.340 e. The number of carbonyl (C=O) groups is 1. The summed E-state index contributed by atoms with van der Waals surface area (Å²) in [7, 11) is 2.00. The molecule has 0 aromatic rings. The highest BCUT2D eigenvalue weighted by atomic mass is 16.2. The fourth-order valence-corrected chi connectivity index (χ4v) is 1.35. The first-order chi connectivity index (χ1) is 5.16. The van der Waals surface area contributed by atoms with E-state index in [2.05, 4.69) is 4.90 Å². The molecule has 64 valence electrons. The molecule has 0 spiro atoms. The largest absolute Gasteiger partial charge is 0.340 e. The Morgan fingerprint density at radius 1 is 1.55 bits per heavy atom. The Bertz CT molecular complexity index is 154. The van der Waals surface area contributed by atoms with Crippen molar-refractivity contribution in [2.24, 2.45) is 0 Å². The van der Waals surface area contributed by atoms with Crippen LogP contribution < -0.4 is 0 Å². The molecule has 0 aromatic heterocycles. The van der Waals surface area contributed by atoms with Crippen LogP contribution in [0.5, 0.6) is 0 Å². The van der Waals surface area contributed by atoms with Crippen molar-refractivity contribution >= 4 is 5.91 Å². The minimum absolute atomic E-state index is 0.0729. The van der Waals surface area contributed by atoms with Gasteiger partial charge >= 0.3 is 0 Å². The highest BCUT2D eigenvalue weighted by Crippen LogP contribution is 2.07. The molecular formula is C8H16N2O. The first-order valence-electron chi connectivity index (χ1n) is 4.15. The highest BCUT2D eigenvalue weighted by molar-refractivity contribution is 5.82. The molecule has 1 amide bonds. The van der Waals surface area contributed by atoms with Crippen LogP contribution in [0.1, 0.15) is 13.8 Å². The maximum atomic E-state index is 11.5. The molecular weight excluding hydrogens is 140 g/mol. The number of carbonyl (C=O) groups excluding carboxylic acids is 1. The minimum atomic E-state index is 0.0729. The number of hydrogen-bond donors (Lipinski definition) is 0. The molecule has 1 aliphatic rings. The lowest BCUT2D eigenvalue weighted by molar-refractivity contribution is -0.139. The van der Waals surface area contributed by atoms with Gasteiger partial charge in [-0.15, -0.1) is 0 Å². The predicted molar refractivity (Wildman–Crippen MR) is 44.3 cm³/mol.